The fourth-order valence-electron chi connectivity index (χ4n) is 17.0. The van der Waals surface area contributed by atoms with Crippen molar-refractivity contribution in [2.45, 2.75) is 292 Å². The smallest absolute Gasteiger partial charge is 0.163 e. The molecule has 24 heteroatoms. The highest BCUT2D eigenvalue weighted by molar-refractivity contribution is 7.20. The molecule has 0 saturated carbocycles. The minimum atomic E-state index is -0.643. The highest BCUT2D eigenvalue weighted by Gasteiger charge is 2.38. The van der Waals surface area contributed by atoms with Crippen molar-refractivity contribution in [1.82, 2.24) is 24.9 Å². The number of halogens is 4. The Morgan fingerprint density at radius 3 is 0.786 bits per heavy atom. The van der Waals surface area contributed by atoms with Gasteiger partial charge in [-0.1, -0.05) is 160 Å². The third-order valence-corrected chi connectivity index (χ3v) is 28.7. The van der Waals surface area contributed by atoms with Crippen molar-refractivity contribution in [3.63, 3.8) is 0 Å². The second-order valence-corrected chi connectivity index (χ2v) is 48.7. The third kappa shape index (κ3) is 28.5. The molecule has 15 nitrogen and oxygen atoms in total. The van der Waals surface area contributed by atoms with Crippen LogP contribution in [0.5, 0.6) is 0 Å². The van der Waals surface area contributed by atoms with Crippen LogP contribution in [0.3, 0.4) is 0 Å². The van der Waals surface area contributed by atoms with Crippen LogP contribution in [0, 0.1) is 53.4 Å². The number of hydrogen-bond donors (Lipinski definition) is 0. The molecule has 15 aromatic rings. The van der Waals surface area contributed by atoms with Crippen molar-refractivity contribution in [3.8, 4) is 55.6 Å². The Hall–Kier alpha value is -9.04. The van der Waals surface area contributed by atoms with E-state index >= 15 is 0 Å². The molecule has 140 heavy (non-hydrogen) atoms. The third-order valence-electron chi connectivity index (χ3n) is 22.4. The maximum absolute atomic E-state index is 12.7. The van der Waals surface area contributed by atoms with Gasteiger partial charge in [-0.3, -0.25) is 24.0 Å². The van der Waals surface area contributed by atoms with E-state index in [0.29, 0.717) is 31.9 Å². The van der Waals surface area contributed by atoms with Crippen LogP contribution in [0.4, 0.5) is 0 Å². The fraction of sp³-hybridized carbons (Fsp3) is 0.397. The van der Waals surface area contributed by atoms with Gasteiger partial charge in [0.2, 0.25) is 0 Å². The summed E-state index contributed by atoms with van der Waals surface area (Å²) >= 11 is 32.8. The highest BCUT2D eigenvalue weighted by Crippen LogP contribution is 2.51. The number of ether oxygens (including phenoxy) is 5. The van der Waals surface area contributed by atoms with Crippen molar-refractivity contribution in [3.05, 3.63) is 259 Å². The molecule has 0 fully saturated rings. The van der Waals surface area contributed by atoms with Gasteiger partial charge in [-0.15, -0.1) is 56.7 Å². The van der Waals surface area contributed by atoms with Crippen LogP contribution in [0.2, 0.25) is 20.1 Å². The number of aryl methyl sites for hydroxylation is 7. The molecule has 5 atom stereocenters. The van der Waals surface area contributed by atoms with Gasteiger partial charge in [-0.05, 0) is 333 Å². The van der Waals surface area contributed by atoms with Crippen LogP contribution in [0.25, 0.3) is 107 Å². The lowest BCUT2D eigenvalue weighted by atomic mass is 9.90. The highest BCUT2D eigenvalue weighted by atomic mass is 35.5. The van der Waals surface area contributed by atoms with E-state index in [1.54, 1.807) is 91.3 Å². The summed E-state index contributed by atoms with van der Waals surface area (Å²) in [6.45, 7) is 60.7. The summed E-state index contributed by atoms with van der Waals surface area (Å²) in [4.78, 5) is 87.0. The topological polar surface area (TPSA) is 196 Å². The first-order valence-electron chi connectivity index (χ1n) is 47.4. The number of carbonyl (C=O) groups excluding carboxylic acids is 5. The number of ketones is 5. The lowest BCUT2D eigenvalue weighted by Gasteiger charge is -2.29. The quantitative estimate of drug-likeness (QED) is 0.0523. The Labute approximate surface area is 867 Å². The molecule has 10 aromatic carbocycles. The van der Waals surface area contributed by atoms with E-state index < -0.39 is 58.5 Å². The number of hydrogen-bond acceptors (Lipinski definition) is 20. The molecule has 0 saturated heterocycles. The lowest BCUT2D eigenvalue weighted by Crippen LogP contribution is -2.27. The zero-order valence-electron chi connectivity index (χ0n) is 86.6. The monoisotopic (exact) mass is 2060 g/mol. The first-order valence-corrected chi connectivity index (χ1v) is 53.1. The molecule has 0 unspecified atom stereocenters. The standard InChI is InChI=1S/C25H30ClNO2S.C25H31NO2S.C23H26ClNO2S.C22H24ClNO2S.C21H22ClNO2S/c1-14(2)12-20-27-19-13-15(3)21(23(16(4)28)29-25(5,6)7)22(24(19)30-20)17-8-10-18(26)11-9-17;1-15(2)13-20-26-19-14-16(3)21(23(17(4)27)28-25(5,6)7)22(24(19)29-20)18-11-9-8-10-12-18;1-7-18-25-17-12-13(2)19(21(14(3)26)27-23(4,5)6)20(22(17)28-18)15-8-10-16(24)11-9-15;1-12-11-17-21(27-14(3)24-17)19(15-7-9-16(23)10-8-15)18(12)20(13(2)25)26-22(4,5)6;1-12-10-16-20(26-11-23-16)18(14-6-8-15(22)9-7-14)17(12)19(13(2)24)25-21(3,4)5/h8-11,13-14,23H,12H2,1-7H3;8-12,14-15,23H,13H2,1-7H3;8-12,21H,7H2,1-6H3;7-11,20H,1-6H3;6-11,19H,1-5H3/t2*23-;21-;20-;19-/m11111/s1. The molecule has 0 radical (unpaired) electrons. The van der Waals surface area contributed by atoms with E-state index in [0.717, 1.165) is 202 Å². The van der Waals surface area contributed by atoms with Crippen molar-refractivity contribution >= 4 is 183 Å². The number of fused-ring (bicyclic) bond motifs is 5. The van der Waals surface area contributed by atoms with Gasteiger partial charge in [0.15, 0.2) is 28.9 Å². The second-order valence-electron chi connectivity index (χ2n) is 41.6. The Balaban J connectivity index is 0.000000168. The first kappa shape index (κ1) is 111. The van der Waals surface area contributed by atoms with Gasteiger partial charge in [-0.2, -0.15) is 0 Å². The average molecular weight is 2060 g/mol. The van der Waals surface area contributed by atoms with Crippen LogP contribution in [-0.4, -0.2) is 81.8 Å². The van der Waals surface area contributed by atoms with Crippen molar-refractivity contribution in [2.75, 3.05) is 0 Å². The number of nitrogens with zero attached hydrogens (tertiary/aromatic N) is 5. The Kier molecular flexibility index (Phi) is 36.8. The summed E-state index contributed by atoms with van der Waals surface area (Å²) in [6, 6.07) is 51.6. The van der Waals surface area contributed by atoms with Crippen LogP contribution >= 0.6 is 103 Å². The molecule has 15 rings (SSSR count). The molecule has 0 aliphatic rings. The molecule has 0 spiro atoms. The van der Waals surface area contributed by atoms with Gasteiger partial charge in [0.25, 0.3) is 0 Å². The van der Waals surface area contributed by atoms with Crippen molar-refractivity contribution in [1.29, 1.82) is 0 Å². The maximum atomic E-state index is 12.7. The number of Topliss-reactive ketones (excluding diaryl/α,β-unsaturated/α-hetero) is 5. The Bertz CT molecular complexity index is 6980. The van der Waals surface area contributed by atoms with E-state index in [2.05, 4.69) is 87.9 Å². The summed E-state index contributed by atoms with van der Waals surface area (Å²) < 4.78 is 36.6. The minimum absolute atomic E-state index is 0.00509. The minimum Gasteiger partial charge on any atom is -0.360 e. The van der Waals surface area contributed by atoms with E-state index in [1.807, 2.05) is 265 Å². The molecule has 0 aliphatic heterocycles. The summed E-state index contributed by atoms with van der Waals surface area (Å²) in [7, 11) is 0. The van der Waals surface area contributed by atoms with Gasteiger partial charge in [0.1, 0.15) is 30.5 Å². The molecule has 5 heterocycles. The molecule has 0 bridgehead atoms. The second kappa shape index (κ2) is 46.3. The van der Waals surface area contributed by atoms with Crippen molar-refractivity contribution < 1.29 is 47.7 Å². The fourth-order valence-corrected chi connectivity index (χ4v) is 23.0. The molecular weight excluding hydrogens is 1930 g/mol. The van der Waals surface area contributed by atoms with Crippen LogP contribution in [-0.2, 0) is 66.9 Å². The van der Waals surface area contributed by atoms with Gasteiger partial charge in [-0.25, -0.2) is 24.9 Å². The Morgan fingerprint density at radius 1 is 0.307 bits per heavy atom. The number of carbonyl (C=O) groups is 5. The summed E-state index contributed by atoms with van der Waals surface area (Å²) in [6.07, 6.45) is -0.389. The van der Waals surface area contributed by atoms with E-state index in [4.69, 9.17) is 85.0 Å². The maximum Gasteiger partial charge on any atom is 0.163 e. The largest absolute Gasteiger partial charge is 0.360 e. The summed E-state index contributed by atoms with van der Waals surface area (Å²) in [5.74, 6) is 1.06. The van der Waals surface area contributed by atoms with Crippen LogP contribution in [0.1, 0.15) is 279 Å². The molecule has 0 amide bonds. The molecule has 5 aromatic heterocycles. The molecule has 0 aliphatic carbocycles. The Morgan fingerprint density at radius 2 is 0.536 bits per heavy atom. The van der Waals surface area contributed by atoms with Crippen LogP contribution in [0.15, 0.2) is 163 Å². The van der Waals surface area contributed by atoms with Gasteiger partial charge >= 0.3 is 0 Å². The zero-order chi connectivity index (χ0) is 103. The van der Waals surface area contributed by atoms with Gasteiger partial charge < -0.3 is 23.7 Å². The number of aromatic nitrogens is 5. The normalized spacial score (nSPS) is 13.2. The van der Waals surface area contributed by atoms with E-state index in [9.17, 15) is 24.0 Å². The van der Waals surface area contributed by atoms with Gasteiger partial charge in [0, 0.05) is 88.6 Å². The first-order chi connectivity index (χ1) is 65.4. The molecular formula is C116H133Cl4N5O10S5. The predicted octanol–water partition coefficient (Wildman–Crippen LogP) is 34.5. The molecule has 0 N–H and O–H groups in total. The SMILES string of the molecule is CC(=O)[C@@H](OC(C)(C)C)c1c(C)cc2nc(C)sc2c1-c1ccc(Cl)cc1.CC(=O)[C@@H](OC(C)(C)C)c1c(C)cc2nc(CC(C)C)sc2c1-c1ccc(Cl)cc1.CC(=O)[C@@H](OC(C)(C)C)c1c(C)cc2nc(CC(C)C)sc2c1-c1ccccc1.CC(=O)[C@@H](OC(C)(C)C)c1c(C)cc2ncsc2c1-c1ccc(Cl)cc1.CCc1nc2cc(C)c([C@H](OC(C)(C)C)C(C)=O)c(-c3ccc(Cl)cc3)c2s1. The van der Waals surface area contributed by atoms with Gasteiger partial charge in [0.05, 0.1) is 105 Å². The van der Waals surface area contributed by atoms with Crippen molar-refractivity contribution in [2.24, 2.45) is 11.8 Å². The zero-order valence-corrected chi connectivity index (χ0v) is 93.7. The number of benzene rings is 10. The number of thiazole rings is 5. The average Bonchev–Trinajstić information content (AvgIpc) is 1.57. The molecule has 740 valence electrons. The number of rotatable bonds is 25. The van der Waals surface area contributed by atoms with E-state index in [-0.39, 0.29) is 28.9 Å². The lowest BCUT2D eigenvalue weighted by molar-refractivity contribution is -0.139. The van der Waals surface area contributed by atoms with E-state index in [1.165, 1.54) is 0 Å². The van der Waals surface area contributed by atoms with Crippen LogP contribution < -0.4 is 0 Å². The summed E-state index contributed by atoms with van der Waals surface area (Å²) in [5, 5.41) is 7.05. The summed E-state index contributed by atoms with van der Waals surface area (Å²) in [5.41, 5.74) is 24.4. The predicted molar refractivity (Wildman–Crippen MR) is 592 cm³/mol.